The first-order valence-electron chi connectivity index (χ1n) is 7.05. The van der Waals surface area contributed by atoms with Crippen molar-refractivity contribution in [1.82, 2.24) is 14.7 Å². The summed E-state index contributed by atoms with van der Waals surface area (Å²) in [4.78, 5) is 18.7. The molecule has 1 amide bonds. The topological polar surface area (TPSA) is 66.0 Å². The van der Waals surface area contributed by atoms with Crippen LogP contribution in [-0.2, 0) is 6.54 Å². The van der Waals surface area contributed by atoms with Crippen molar-refractivity contribution in [1.29, 1.82) is 0 Å². The van der Waals surface area contributed by atoms with E-state index in [1.165, 1.54) is 0 Å². The van der Waals surface area contributed by atoms with Gasteiger partial charge in [0.1, 0.15) is 5.76 Å². The average molecular weight is 280 g/mol. The summed E-state index contributed by atoms with van der Waals surface area (Å²) < 4.78 is 5.42. The highest BCUT2D eigenvalue weighted by Crippen LogP contribution is 2.12. The van der Waals surface area contributed by atoms with Gasteiger partial charge in [0, 0.05) is 39.3 Å². The molecule has 0 aliphatic carbocycles. The number of carbonyl (C=O) groups is 1. The predicted octanol–water partition coefficient (Wildman–Crippen LogP) is 0.0577. The predicted molar refractivity (Wildman–Crippen MR) is 77.5 cm³/mol. The quantitative estimate of drug-likeness (QED) is 0.826. The molecule has 6 nitrogen and oxygen atoms in total. The van der Waals surface area contributed by atoms with E-state index in [9.17, 15) is 4.79 Å². The molecule has 6 heteroatoms. The zero-order valence-electron chi connectivity index (χ0n) is 12.3. The van der Waals surface area contributed by atoms with Gasteiger partial charge in [-0.25, -0.2) is 0 Å². The number of hydrogen-bond donors (Lipinski definition) is 1. The molecule has 1 fully saturated rings. The van der Waals surface area contributed by atoms with Crippen molar-refractivity contribution in [2.45, 2.75) is 6.54 Å². The average Bonchev–Trinajstić information content (AvgIpc) is 2.94. The highest BCUT2D eigenvalue weighted by Gasteiger charge is 2.23. The van der Waals surface area contributed by atoms with Crippen molar-refractivity contribution in [3.8, 4) is 0 Å². The van der Waals surface area contributed by atoms with Gasteiger partial charge in [-0.15, -0.1) is 0 Å². The summed E-state index contributed by atoms with van der Waals surface area (Å²) >= 11 is 0. The van der Waals surface area contributed by atoms with Crippen LogP contribution >= 0.6 is 0 Å². The Balaban J connectivity index is 1.82. The summed E-state index contributed by atoms with van der Waals surface area (Å²) in [6, 6.07) is 3.48. The van der Waals surface area contributed by atoms with Crippen molar-refractivity contribution in [2.24, 2.45) is 5.73 Å². The summed E-state index contributed by atoms with van der Waals surface area (Å²) in [5, 5.41) is 0. The summed E-state index contributed by atoms with van der Waals surface area (Å²) in [5.74, 6) is 1.02. The molecule has 2 heterocycles. The maximum Gasteiger partial charge on any atom is 0.289 e. The lowest BCUT2D eigenvalue weighted by Gasteiger charge is -2.34. The number of rotatable bonds is 5. The molecule has 20 heavy (non-hydrogen) atoms. The molecule has 0 aromatic carbocycles. The minimum atomic E-state index is -0.0306. The van der Waals surface area contributed by atoms with Crippen molar-refractivity contribution in [2.75, 3.05) is 53.4 Å². The molecule has 0 spiro atoms. The fourth-order valence-corrected chi connectivity index (χ4v) is 2.27. The van der Waals surface area contributed by atoms with Crippen molar-refractivity contribution < 1.29 is 9.21 Å². The zero-order chi connectivity index (χ0) is 14.5. The minimum Gasteiger partial charge on any atom is -0.455 e. The number of nitrogens with zero attached hydrogens (tertiary/aromatic N) is 3. The summed E-state index contributed by atoms with van der Waals surface area (Å²) in [7, 11) is 4.15. The third-order valence-electron chi connectivity index (χ3n) is 3.60. The summed E-state index contributed by atoms with van der Waals surface area (Å²) in [5.41, 5.74) is 5.49. The molecule has 0 atom stereocenters. The molecule has 2 rings (SSSR count). The monoisotopic (exact) mass is 280 g/mol. The van der Waals surface area contributed by atoms with Crippen LogP contribution in [0.5, 0.6) is 0 Å². The number of piperazine rings is 1. The minimum absolute atomic E-state index is 0.0306. The van der Waals surface area contributed by atoms with Crippen LogP contribution in [0, 0.1) is 0 Å². The lowest BCUT2D eigenvalue weighted by molar-refractivity contribution is 0.0597. The number of amides is 1. The van der Waals surface area contributed by atoms with Crippen LogP contribution in [0.25, 0.3) is 0 Å². The van der Waals surface area contributed by atoms with Crippen LogP contribution < -0.4 is 5.73 Å². The molecule has 0 saturated carbocycles. The summed E-state index contributed by atoms with van der Waals surface area (Å²) in [6.07, 6.45) is 0. The SMILES string of the molecule is CN(C)CCN1CCN(C(=O)c2ccc(CN)o2)CC1. The van der Waals surface area contributed by atoms with E-state index >= 15 is 0 Å². The van der Waals surface area contributed by atoms with E-state index < -0.39 is 0 Å². The third kappa shape index (κ3) is 3.82. The van der Waals surface area contributed by atoms with E-state index in [0.29, 0.717) is 18.1 Å². The van der Waals surface area contributed by atoms with Gasteiger partial charge in [-0.1, -0.05) is 0 Å². The lowest BCUT2D eigenvalue weighted by atomic mass is 10.3. The highest BCUT2D eigenvalue weighted by atomic mass is 16.4. The molecule has 1 aromatic rings. The Morgan fingerprint density at radius 1 is 1.30 bits per heavy atom. The van der Waals surface area contributed by atoms with Crippen LogP contribution in [0.2, 0.25) is 0 Å². The lowest BCUT2D eigenvalue weighted by Crippen LogP contribution is -2.49. The smallest absolute Gasteiger partial charge is 0.289 e. The molecular weight excluding hydrogens is 256 g/mol. The Bertz CT molecular complexity index is 436. The normalized spacial score (nSPS) is 16.9. The van der Waals surface area contributed by atoms with Gasteiger partial charge >= 0.3 is 0 Å². The first-order valence-corrected chi connectivity index (χ1v) is 7.05. The van der Waals surface area contributed by atoms with E-state index in [-0.39, 0.29) is 5.91 Å². The van der Waals surface area contributed by atoms with Gasteiger partial charge in [0.2, 0.25) is 0 Å². The first kappa shape index (κ1) is 15.0. The van der Waals surface area contributed by atoms with Gasteiger partial charge in [0.15, 0.2) is 5.76 Å². The molecule has 112 valence electrons. The van der Waals surface area contributed by atoms with Gasteiger partial charge < -0.3 is 20.0 Å². The molecule has 1 aliphatic rings. The Kier molecular flexibility index (Phi) is 5.17. The van der Waals surface area contributed by atoms with Crippen LogP contribution in [-0.4, -0.2) is 74.0 Å². The van der Waals surface area contributed by atoms with E-state index in [4.69, 9.17) is 10.2 Å². The van der Waals surface area contributed by atoms with Crippen LogP contribution in [0.15, 0.2) is 16.5 Å². The molecule has 0 bridgehead atoms. The molecular formula is C14H24N4O2. The maximum absolute atomic E-state index is 12.3. The molecule has 1 saturated heterocycles. The van der Waals surface area contributed by atoms with Crippen LogP contribution in [0.1, 0.15) is 16.3 Å². The van der Waals surface area contributed by atoms with Gasteiger partial charge in [-0.2, -0.15) is 0 Å². The second-order valence-electron chi connectivity index (χ2n) is 5.41. The number of likely N-dealkylation sites (N-methyl/N-ethyl adjacent to an activating group) is 1. The van der Waals surface area contributed by atoms with Crippen molar-refractivity contribution in [3.05, 3.63) is 23.7 Å². The van der Waals surface area contributed by atoms with Gasteiger partial charge in [-0.3, -0.25) is 9.69 Å². The van der Waals surface area contributed by atoms with E-state index in [1.807, 2.05) is 4.90 Å². The highest BCUT2D eigenvalue weighted by molar-refractivity contribution is 5.91. The van der Waals surface area contributed by atoms with E-state index in [1.54, 1.807) is 12.1 Å². The Labute approximate surface area is 120 Å². The second kappa shape index (κ2) is 6.88. The number of hydrogen-bond acceptors (Lipinski definition) is 5. The standard InChI is InChI=1S/C14H24N4O2/c1-16(2)5-6-17-7-9-18(10-8-17)14(19)13-4-3-12(11-15)20-13/h3-4H,5-11,15H2,1-2H3. The molecule has 0 radical (unpaired) electrons. The van der Waals surface area contributed by atoms with Gasteiger partial charge in [0.05, 0.1) is 6.54 Å². The number of nitrogens with two attached hydrogens (primary N) is 1. The zero-order valence-corrected chi connectivity index (χ0v) is 12.3. The van der Waals surface area contributed by atoms with Crippen molar-refractivity contribution >= 4 is 5.91 Å². The molecule has 2 N–H and O–H groups in total. The van der Waals surface area contributed by atoms with Gasteiger partial charge in [0.25, 0.3) is 5.91 Å². The van der Waals surface area contributed by atoms with E-state index in [2.05, 4.69) is 23.9 Å². The Hall–Kier alpha value is -1.37. The number of carbonyl (C=O) groups excluding carboxylic acids is 1. The summed E-state index contributed by atoms with van der Waals surface area (Å²) in [6.45, 7) is 5.77. The number of furan rings is 1. The maximum atomic E-state index is 12.3. The Morgan fingerprint density at radius 2 is 2.00 bits per heavy atom. The molecule has 1 aromatic heterocycles. The second-order valence-corrected chi connectivity index (χ2v) is 5.41. The third-order valence-corrected chi connectivity index (χ3v) is 3.60. The molecule has 0 unspecified atom stereocenters. The fraction of sp³-hybridized carbons (Fsp3) is 0.643. The molecule has 1 aliphatic heterocycles. The Morgan fingerprint density at radius 3 is 2.55 bits per heavy atom. The van der Waals surface area contributed by atoms with Crippen LogP contribution in [0.4, 0.5) is 0 Å². The van der Waals surface area contributed by atoms with Gasteiger partial charge in [-0.05, 0) is 26.2 Å². The van der Waals surface area contributed by atoms with Crippen LogP contribution in [0.3, 0.4) is 0 Å². The first-order chi connectivity index (χ1) is 9.60. The van der Waals surface area contributed by atoms with Crippen molar-refractivity contribution in [3.63, 3.8) is 0 Å². The van der Waals surface area contributed by atoms with E-state index in [0.717, 1.165) is 39.3 Å². The fourth-order valence-electron chi connectivity index (χ4n) is 2.27. The largest absolute Gasteiger partial charge is 0.455 e.